The van der Waals surface area contributed by atoms with E-state index in [1.165, 1.54) is 9.20 Å². The van der Waals surface area contributed by atoms with Gasteiger partial charge in [0.2, 0.25) is 11.5 Å². The van der Waals surface area contributed by atoms with Crippen LogP contribution in [0.1, 0.15) is 94.3 Å². The highest BCUT2D eigenvalue weighted by atomic mass is 16.5. The van der Waals surface area contributed by atoms with Gasteiger partial charge in [0.1, 0.15) is 12.3 Å². The molecule has 1 aliphatic heterocycles. The molecule has 40 heavy (non-hydrogen) atoms. The van der Waals surface area contributed by atoms with E-state index >= 15 is 0 Å². The molecule has 3 heterocycles. The van der Waals surface area contributed by atoms with E-state index in [1.807, 2.05) is 19.1 Å². The fourth-order valence-corrected chi connectivity index (χ4v) is 5.35. The number of aromatic nitrogens is 4. The Kier molecular flexibility index (Phi) is 8.58. The van der Waals surface area contributed by atoms with E-state index in [9.17, 15) is 4.79 Å². The summed E-state index contributed by atoms with van der Waals surface area (Å²) < 4.78 is 20.3. The van der Waals surface area contributed by atoms with Gasteiger partial charge in [0.25, 0.3) is 0 Å². The van der Waals surface area contributed by atoms with Gasteiger partial charge in [-0.3, -0.25) is 10.2 Å². The molecule has 1 N–H and O–H groups in total. The van der Waals surface area contributed by atoms with Crippen LogP contribution in [0.5, 0.6) is 11.6 Å². The van der Waals surface area contributed by atoms with Crippen LogP contribution in [-0.4, -0.2) is 65.2 Å². The zero-order valence-electron chi connectivity index (χ0n) is 25.4. The smallest absolute Gasteiger partial charge is 0.242 e. The zero-order valence-corrected chi connectivity index (χ0v) is 25.4. The highest BCUT2D eigenvalue weighted by Gasteiger charge is 2.28. The Labute approximate surface area is 236 Å². The molecule has 1 fully saturated rings. The van der Waals surface area contributed by atoms with Crippen molar-refractivity contribution in [2.75, 3.05) is 44.9 Å². The lowest BCUT2D eigenvalue weighted by molar-refractivity contribution is 0.0965. The number of hydrogen-bond donors (Lipinski definition) is 1. The largest absolute Gasteiger partial charge is 0.494 e. The Morgan fingerprint density at radius 2 is 1.73 bits per heavy atom. The Morgan fingerprint density at radius 1 is 1.07 bits per heavy atom. The Morgan fingerprint density at radius 3 is 2.27 bits per heavy atom. The molecular weight excluding hydrogens is 508 g/mol. The maximum atomic E-state index is 13.8. The van der Waals surface area contributed by atoms with Crippen molar-refractivity contribution in [1.29, 1.82) is 5.41 Å². The molecule has 4 rings (SSSR count). The molecule has 3 aromatic rings. The topological polar surface area (TPSA) is 107 Å². The number of methoxy groups -OCH3 is 1. The zero-order chi connectivity index (χ0) is 29.4. The van der Waals surface area contributed by atoms with Crippen molar-refractivity contribution >= 4 is 17.1 Å². The summed E-state index contributed by atoms with van der Waals surface area (Å²) in [4.78, 5) is 16.0. The lowest BCUT2D eigenvalue weighted by Crippen LogP contribution is -2.37. The van der Waals surface area contributed by atoms with E-state index < -0.39 is 0 Å². The van der Waals surface area contributed by atoms with Crippen molar-refractivity contribution in [3.8, 4) is 11.6 Å². The average Bonchev–Trinajstić information content (AvgIpc) is 3.21. The van der Waals surface area contributed by atoms with Crippen molar-refractivity contribution in [1.82, 2.24) is 19.4 Å². The normalized spacial score (nSPS) is 14.4. The Balaban J connectivity index is 1.83. The number of rotatable bonds is 9. The summed E-state index contributed by atoms with van der Waals surface area (Å²) in [6, 6.07) is 3.83. The van der Waals surface area contributed by atoms with E-state index in [4.69, 9.17) is 24.7 Å². The first kappa shape index (κ1) is 29.6. The number of morpholine rings is 1. The molecule has 0 amide bonds. The minimum atomic E-state index is -0.251. The summed E-state index contributed by atoms with van der Waals surface area (Å²) in [5.74, 6) is 1.44. The monoisotopic (exact) mass is 552 g/mol. The second-order valence-corrected chi connectivity index (χ2v) is 11.9. The van der Waals surface area contributed by atoms with Crippen LogP contribution in [0.4, 0.5) is 5.69 Å². The quantitative estimate of drug-likeness (QED) is 0.384. The predicted octanol–water partition coefficient (Wildman–Crippen LogP) is 4.68. The van der Waals surface area contributed by atoms with Crippen LogP contribution in [-0.2, 0) is 16.7 Å². The number of fused-ring (bicyclic) bond motifs is 1. The molecule has 1 aliphatic rings. The van der Waals surface area contributed by atoms with Gasteiger partial charge >= 0.3 is 0 Å². The van der Waals surface area contributed by atoms with Crippen molar-refractivity contribution < 1.29 is 19.0 Å². The molecule has 1 saturated heterocycles. The predicted molar refractivity (Wildman–Crippen MR) is 155 cm³/mol. The molecule has 218 valence electrons. The van der Waals surface area contributed by atoms with Crippen LogP contribution < -0.4 is 20.0 Å². The molecular formula is C30H44N6O4. The lowest BCUT2D eigenvalue weighted by atomic mass is 9.84. The number of hydrogen-bond acceptors (Lipinski definition) is 8. The van der Waals surface area contributed by atoms with Gasteiger partial charge in [0, 0.05) is 35.3 Å². The number of ether oxygens (including phenoxy) is 3. The van der Waals surface area contributed by atoms with Crippen LogP contribution in [0, 0.1) is 5.41 Å². The number of anilines is 1. The fourth-order valence-electron chi connectivity index (χ4n) is 5.35. The second-order valence-electron chi connectivity index (χ2n) is 11.9. The first-order chi connectivity index (χ1) is 18.9. The number of Topliss-reactive ketones (excluding diaryl/α,β-unsaturated/α-hetero) is 1. The number of nitrogens with zero attached hydrogens (tertiary/aromatic N) is 5. The minimum Gasteiger partial charge on any atom is -0.494 e. The molecule has 10 nitrogen and oxygen atoms in total. The summed E-state index contributed by atoms with van der Waals surface area (Å²) in [7, 11) is 1.68. The lowest BCUT2D eigenvalue weighted by Gasteiger charge is -2.33. The summed E-state index contributed by atoms with van der Waals surface area (Å²) in [6.45, 7) is 19.7. The standard InChI is InChI=1S/C30H44N6O4/c1-10-40-28-25(19(4)5)24(18(2)3)27-32-35(29(31)36(27)33-28)17-23(37)20-15-21(30(6,7)8)26(38-9)22(16-20)34-11-13-39-14-12-34/h15-16,18-19,31H,10-14,17H2,1-9H3. The molecule has 0 spiro atoms. The van der Waals surface area contributed by atoms with Crippen LogP contribution in [0.25, 0.3) is 5.65 Å². The van der Waals surface area contributed by atoms with Gasteiger partial charge in [-0.15, -0.1) is 10.2 Å². The number of carbonyl (C=O) groups is 1. The summed E-state index contributed by atoms with van der Waals surface area (Å²) in [6.07, 6.45) is 0. The first-order valence-electron chi connectivity index (χ1n) is 14.2. The van der Waals surface area contributed by atoms with Crippen LogP contribution in [0.15, 0.2) is 12.1 Å². The Hall–Kier alpha value is -3.40. The van der Waals surface area contributed by atoms with Gasteiger partial charge in [-0.25, -0.2) is 4.68 Å². The second kappa shape index (κ2) is 11.6. The van der Waals surface area contributed by atoms with Crippen LogP contribution in [0.3, 0.4) is 0 Å². The maximum absolute atomic E-state index is 13.8. The summed E-state index contributed by atoms with van der Waals surface area (Å²) in [5.41, 5.74) is 4.75. The van der Waals surface area contributed by atoms with E-state index in [1.54, 1.807) is 7.11 Å². The molecule has 0 bridgehead atoms. The third-order valence-corrected chi connectivity index (χ3v) is 7.30. The highest BCUT2D eigenvalue weighted by Crippen LogP contribution is 2.40. The van der Waals surface area contributed by atoms with Gasteiger partial charge < -0.3 is 19.1 Å². The maximum Gasteiger partial charge on any atom is 0.242 e. The molecule has 0 unspecified atom stereocenters. The van der Waals surface area contributed by atoms with Gasteiger partial charge in [-0.1, -0.05) is 48.5 Å². The number of nitrogens with one attached hydrogen (secondary N) is 1. The first-order valence-corrected chi connectivity index (χ1v) is 14.2. The van der Waals surface area contributed by atoms with Gasteiger partial charge in [0.15, 0.2) is 11.4 Å². The molecule has 0 saturated carbocycles. The van der Waals surface area contributed by atoms with Crippen LogP contribution in [0.2, 0.25) is 0 Å². The number of benzene rings is 1. The van der Waals surface area contributed by atoms with Gasteiger partial charge in [0.05, 0.1) is 32.6 Å². The third-order valence-electron chi connectivity index (χ3n) is 7.30. The fraction of sp³-hybridized carbons (Fsp3) is 0.600. The minimum absolute atomic E-state index is 0.0273. The Bertz CT molecular complexity index is 1440. The highest BCUT2D eigenvalue weighted by molar-refractivity contribution is 5.97. The van der Waals surface area contributed by atoms with Crippen molar-refractivity contribution in [2.24, 2.45) is 0 Å². The van der Waals surface area contributed by atoms with Gasteiger partial charge in [-0.2, -0.15) is 4.52 Å². The molecule has 10 heteroatoms. The van der Waals surface area contributed by atoms with Crippen LogP contribution >= 0.6 is 0 Å². The molecule has 0 radical (unpaired) electrons. The number of carbonyl (C=O) groups excluding carboxylic acids is 1. The third kappa shape index (κ3) is 5.59. The molecule has 0 aliphatic carbocycles. The summed E-state index contributed by atoms with van der Waals surface area (Å²) in [5, 5.41) is 18.3. The van der Waals surface area contributed by atoms with Crippen molar-refractivity contribution in [3.05, 3.63) is 40.0 Å². The SMILES string of the molecule is CCOc1nn2c(=N)n(CC(=O)c3cc(N4CCOCC4)c(OC)c(C(C)(C)C)c3)nc2c(C(C)C)c1C(C)C. The molecule has 0 atom stereocenters. The average molecular weight is 553 g/mol. The van der Waals surface area contributed by atoms with E-state index in [0.717, 1.165) is 41.2 Å². The summed E-state index contributed by atoms with van der Waals surface area (Å²) >= 11 is 0. The molecule has 2 aromatic heterocycles. The van der Waals surface area contributed by atoms with Crippen molar-refractivity contribution in [2.45, 2.75) is 79.2 Å². The van der Waals surface area contributed by atoms with E-state index in [2.05, 4.69) is 58.5 Å². The molecule has 1 aromatic carbocycles. The van der Waals surface area contributed by atoms with E-state index in [0.29, 0.717) is 36.9 Å². The number of ketones is 1. The van der Waals surface area contributed by atoms with Gasteiger partial charge in [-0.05, 0) is 36.3 Å². The van der Waals surface area contributed by atoms with Crippen molar-refractivity contribution in [3.63, 3.8) is 0 Å². The van der Waals surface area contributed by atoms with E-state index in [-0.39, 0.29) is 35.2 Å².